The fraction of sp³-hybridized carbons (Fsp3) is 0.619. The van der Waals surface area contributed by atoms with Crippen molar-refractivity contribution in [2.75, 3.05) is 44.6 Å². The number of benzene rings is 1. The monoisotopic (exact) mass is 392 g/mol. The van der Waals surface area contributed by atoms with Gasteiger partial charge in [-0.15, -0.1) is 0 Å². The van der Waals surface area contributed by atoms with Crippen molar-refractivity contribution >= 4 is 23.3 Å². The molecule has 0 aliphatic heterocycles. The number of methoxy groups -OCH3 is 1. The first-order chi connectivity index (χ1) is 13.0. The summed E-state index contributed by atoms with van der Waals surface area (Å²) in [6.45, 7) is 11.0. The molecule has 7 heteroatoms. The van der Waals surface area contributed by atoms with Crippen LogP contribution in [0.15, 0.2) is 18.2 Å². The van der Waals surface area contributed by atoms with Crippen LogP contribution in [0.3, 0.4) is 0 Å². The number of ether oxygens (including phenoxy) is 1. The second-order valence-electron chi connectivity index (χ2n) is 8.46. The molecule has 1 rings (SSSR count). The lowest BCUT2D eigenvalue weighted by Crippen LogP contribution is -2.41. The lowest BCUT2D eigenvalue weighted by Gasteiger charge is -2.31. The van der Waals surface area contributed by atoms with Crippen molar-refractivity contribution in [2.45, 2.75) is 47.2 Å². The largest absolute Gasteiger partial charge is 0.383 e. The van der Waals surface area contributed by atoms with Gasteiger partial charge >= 0.3 is 6.03 Å². The number of nitrogens with one attached hydrogen (secondary N) is 2. The van der Waals surface area contributed by atoms with Crippen molar-refractivity contribution in [2.24, 2.45) is 5.41 Å². The van der Waals surface area contributed by atoms with Crippen molar-refractivity contribution in [1.29, 1.82) is 0 Å². The molecule has 0 bridgehead atoms. The molecule has 158 valence electrons. The molecule has 1 aromatic carbocycles. The molecule has 0 radical (unpaired) electrons. The van der Waals surface area contributed by atoms with Gasteiger partial charge in [-0.25, -0.2) is 4.79 Å². The van der Waals surface area contributed by atoms with Gasteiger partial charge in [0.2, 0.25) is 5.91 Å². The highest BCUT2D eigenvalue weighted by Gasteiger charge is 2.27. The second kappa shape index (κ2) is 10.3. The normalized spacial score (nSPS) is 11.3. The quantitative estimate of drug-likeness (QED) is 0.712. The van der Waals surface area contributed by atoms with Crippen LogP contribution < -0.4 is 15.5 Å². The lowest BCUT2D eigenvalue weighted by atomic mass is 9.94. The van der Waals surface area contributed by atoms with E-state index in [0.29, 0.717) is 25.4 Å². The van der Waals surface area contributed by atoms with Crippen LogP contribution in [-0.2, 0) is 16.1 Å². The minimum Gasteiger partial charge on any atom is -0.383 e. The van der Waals surface area contributed by atoms with Crippen LogP contribution in [0.2, 0.25) is 0 Å². The van der Waals surface area contributed by atoms with E-state index < -0.39 is 5.41 Å². The van der Waals surface area contributed by atoms with E-state index in [1.54, 1.807) is 7.11 Å². The average molecular weight is 393 g/mol. The number of rotatable bonds is 8. The maximum Gasteiger partial charge on any atom is 0.319 e. The molecule has 3 amide bonds. The zero-order chi connectivity index (χ0) is 21.5. The number of urea groups is 1. The molecule has 0 atom stereocenters. The number of nitrogens with zero attached hydrogens (tertiary/aromatic N) is 2. The van der Waals surface area contributed by atoms with E-state index in [2.05, 4.69) is 10.6 Å². The van der Waals surface area contributed by atoms with Gasteiger partial charge in [-0.2, -0.15) is 0 Å². The van der Waals surface area contributed by atoms with Gasteiger partial charge in [-0.05, 0) is 37.6 Å². The van der Waals surface area contributed by atoms with Crippen molar-refractivity contribution in [3.63, 3.8) is 0 Å². The first-order valence-corrected chi connectivity index (χ1v) is 9.61. The molecule has 2 N–H and O–H groups in total. The van der Waals surface area contributed by atoms with E-state index in [1.807, 2.05) is 76.7 Å². The van der Waals surface area contributed by atoms with E-state index in [-0.39, 0.29) is 18.0 Å². The number of carbonyl (C=O) groups is 2. The van der Waals surface area contributed by atoms with Gasteiger partial charge in [0.1, 0.15) is 0 Å². The molecule has 0 aromatic heterocycles. The van der Waals surface area contributed by atoms with Gasteiger partial charge in [0, 0.05) is 57.1 Å². The van der Waals surface area contributed by atoms with Crippen LogP contribution in [0.4, 0.5) is 16.2 Å². The van der Waals surface area contributed by atoms with Gasteiger partial charge in [0.15, 0.2) is 0 Å². The van der Waals surface area contributed by atoms with Gasteiger partial charge in [0.25, 0.3) is 0 Å². The first-order valence-electron chi connectivity index (χ1n) is 9.61. The third-order valence-corrected chi connectivity index (χ3v) is 4.09. The van der Waals surface area contributed by atoms with Crippen LogP contribution in [0.1, 0.15) is 40.2 Å². The first kappa shape index (κ1) is 23.8. The smallest absolute Gasteiger partial charge is 0.319 e. The minimum absolute atomic E-state index is 0.0504. The summed E-state index contributed by atoms with van der Waals surface area (Å²) in [5.41, 5.74) is 2.16. The predicted molar refractivity (Wildman–Crippen MR) is 115 cm³/mol. The van der Waals surface area contributed by atoms with Crippen LogP contribution >= 0.6 is 0 Å². The van der Waals surface area contributed by atoms with Crippen LogP contribution in [0, 0.1) is 5.41 Å². The minimum atomic E-state index is -0.487. The number of hydrogen-bond acceptors (Lipinski definition) is 4. The summed E-state index contributed by atoms with van der Waals surface area (Å²) in [5, 5.41) is 5.67. The Kier molecular flexibility index (Phi) is 8.75. The summed E-state index contributed by atoms with van der Waals surface area (Å²) in [6, 6.07) is 5.54. The molecule has 28 heavy (non-hydrogen) atoms. The van der Waals surface area contributed by atoms with Gasteiger partial charge in [0.05, 0.1) is 6.61 Å². The average Bonchev–Trinajstić information content (AvgIpc) is 2.56. The summed E-state index contributed by atoms with van der Waals surface area (Å²) >= 11 is 0. The second-order valence-corrected chi connectivity index (χ2v) is 8.46. The number of anilines is 2. The van der Waals surface area contributed by atoms with Crippen molar-refractivity contribution in [3.8, 4) is 0 Å². The Morgan fingerprint density at radius 3 is 2.32 bits per heavy atom. The highest BCUT2D eigenvalue weighted by atomic mass is 16.5. The summed E-state index contributed by atoms with van der Waals surface area (Å²) in [4.78, 5) is 28.8. The number of hydrogen-bond donors (Lipinski definition) is 2. The van der Waals surface area contributed by atoms with Gasteiger partial charge < -0.3 is 25.2 Å². The Morgan fingerprint density at radius 2 is 1.82 bits per heavy atom. The predicted octanol–water partition coefficient (Wildman–Crippen LogP) is 3.30. The molecule has 0 aliphatic rings. The maximum absolute atomic E-state index is 12.9. The Labute approximate surface area is 169 Å². The maximum atomic E-state index is 12.9. The van der Waals surface area contributed by atoms with Crippen molar-refractivity contribution in [1.82, 2.24) is 10.2 Å². The summed E-state index contributed by atoms with van der Waals surface area (Å²) < 4.78 is 5.19. The Balaban J connectivity index is 3.16. The van der Waals surface area contributed by atoms with Crippen molar-refractivity contribution in [3.05, 3.63) is 23.8 Å². The summed E-state index contributed by atoms with van der Waals surface area (Å²) in [7, 11) is 5.55. The fourth-order valence-corrected chi connectivity index (χ4v) is 2.79. The molecule has 0 fully saturated rings. The highest BCUT2D eigenvalue weighted by Crippen LogP contribution is 2.26. The standard InChI is InChI=1S/C21H36N4O3/c1-15(2)22-20(27)23-17-9-10-18(24(6)7)16(13-17)14-25(11-12-28-8)19(26)21(3,4)5/h9-10,13,15H,11-12,14H2,1-8H3,(H2,22,23,27). The van der Waals surface area contributed by atoms with E-state index in [0.717, 1.165) is 11.3 Å². The molecule has 0 unspecified atom stereocenters. The summed E-state index contributed by atoms with van der Waals surface area (Å²) in [5.74, 6) is 0.0603. The molecule has 0 heterocycles. The third kappa shape index (κ3) is 7.38. The molecular weight excluding hydrogens is 356 g/mol. The Hall–Kier alpha value is -2.28. The van der Waals surface area contributed by atoms with Gasteiger partial charge in [-0.3, -0.25) is 4.79 Å². The zero-order valence-electron chi connectivity index (χ0n) is 18.5. The molecule has 0 saturated carbocycles. The van der Waals surface area contributed by atoms with E-state index in [9.17, 15) is 9.59 Å². The third-order valence-electron chi connectivity index (χ3n) is 4.09. The van der Waals surface area contributed by atoms with Crippen LogP contribution in [0.5, 0.6) is 0 Å². The van der Waals surface area contributed by atoms with Crippen molar-refractivity contribution < 1.29 is 14.3 Å². The van der Waals surface area contributed by atoms with E-state index in [4.69, 9.17) is 4.74 Å². The zero-order valence-corrected chi connectivity index (χ0v) is 18.5. The SMILES string of the molecule is COCCN(Cc1cc(NC(=O)NC(C)C)ccc1N(C)C)C(=O)C(C)(C)C. The van der Waals surface area contributed by atoms with Crippen LogP contribution in [0.25, 0.3) is 0 Å². The van der Waals surface area contributed by atoms with Gasteiger partial charge in [-0.1, -0.05) is 20.8 Å². The molecule has 0 saturated heterocycles. The molecule has 0 aliphatic carbocycles. The van der Waals surface area contributed by atoms with E-state index >= 15 is 0 Å². The number of amides is 3. The number of carbonyl (C=O) groups excluding carboxylic acids is 2. The highest BCUT2D eigenvalue weighted by molar-refractivity contribution is 5.90. The molecule has 0 spiro atoms. The molecule has 7 nitrogen and oxygen atoms in total. The molecular formula is C21H36N4O3. The van der Waals surface area contributed by atoms with Crippen LogP contribution in [-0.4, -0.2) is 57.2 Å². The van der Waals surface area contributed by atoms with E-state index in [1.165, 1.54) is 0 Å². The lowest BCUT2D eigenvalue weighted by molar-refractivity contribution is -0.140. The fourth-order valence-electron chi connectivity index (χ4n) is 2.79. The Bertz CT molecular complexity index is 666. The summed E-state index contributed by atoms with van der Waals surface area (Å²) in [6.07, 6.45) is 0. The Morgan fingerprint density at radius 1 is 1.18 bits per heavy atom. The molecule has 1 aromatic rings. The topological polar surface area (TPSA) is 73.9 Å².